The molecule has 0 saturated carbocycles. The summed E-state index contributed by atoms with van der Waals surface area (Å²) in [5, 5.41) is 3.00. The molecule has 2 fully saturated rings. The summed E-state index contributed by atoms with van der Waals surface area (Å²) in [5.74, 6) is -0.0433. The predicted molar refractivity (Wildman–Crippen MR) is 131 cm³/mol. The summed E-state index contributed by atoms with van der Waals surface area (Å²) in [6.45, 7) is 8.47. The van der Waals surface area contributed by atoms with Crippen LogP contribution in [0, 0.1) is 13.8 Å². The molecule has 1 amide bonds. The number of nitrogens with zero attached hydrogens (tertiary/aromatic N) is 4. The van der Waals surface area contributed by atoms with Crippen LogP contribution in [0.3, 0.4) is 0 Å². The van der Waals surface area contributed by atoms with Crippen molar-refractivity contribution in [3.63, 3.8) is 0 Å². The summed E-state index contributed by atoms with van der Waals surface area (Å²) in [4.78, 5) is 29.3. The number of pyridine rings is 1. The quantitative estimate of drug-likeness (QED) is 0.636. The van der Waals surface area contributed by atoms with E-state index in [0.717, 1.165) is 29.7 Å². The van der Waals surface area contributed by atoms with Crippen LogP contribution in [-0.4, -0.2) is 78.8 Å². The number of hydrogen-bond donors (Lipinski definition) is 1. The predicted octanol–water partition coefficient (Wildman–Crippen LogP) is 1.46. The van der Waals surface area contributed by atoms with Crippen LogP contribution in [0.15, 0.2) is 46.2 Å². The molecule has 0 atom stereocenters. The number of carbonyl (C=O) groups is 1. The largest absolute Gasteiger partial charge is 0.325 e. The lowest BCUT2D eigenvalue weighted by molar-refractivity contribution is -0.117. The molecule has 34 heavy (non-hydrogen) atoms. The average molecular weight is 488 g/mol. The van der Waals surface area contributed by atoms with Crippen LogP contribution >= 0.6 is 0 Å². The fraction of sp³-hybridized carbons (Fsp3) is 0.500. The molecule has 2 saturated heterocycles. The minimum Gasteiger partial charge on any atom is -0.325 e. The molecule has 0 aliphatic carbocycles. The Morgan fingerprint density at radius 2 is 1.62 bits per heavy atom. The van der Waals surface area contributed by atoms with Crippen molar-refractivity contribution in [1.29, 1.82) is 0 Å². The number of nitrogens with one attached hydrogen (secondary N) is 1. The van der Waals surface area contributed by atoms with Gasteiger partial charge in [0, 0.05) is 57.2 Å². The zero-order chi connectivity index (χ0) is 24.3. The highest BCUT2D eigenvalue weighted by molar-refractivity contribution is 7.89. The standard InChI is InChI=1S/C24H33N5O4S/c1-19-6-5-7-22(20(19)2)25-23(30)17-26-12-14-27(15-13-26)18-28-16-21(8-9-24(28)31)34(32,33)29-10-3-4-11-29/h5-9,16H,3-4,10-15,17-18H2,1-2H3,(H,25,30). The van der Waals surface area contributed by atoms with Gasteiger partial charge in [0.2, 0.25) is 15.9 Å². The van der Waals surface area contributed by atoms with E-state index in [-0.39, 0.29) is 16.4 Å². The van der Waals surface area contributed by atoms with Crippen LogP contribution in [0.1, 0.15) is 24.0 Å². The second-order valence-corrected chi connectivity index (χ2v) is 11.1. The second-order valence-electron chi connectivity index (χ2n) is 9.12. The van der Waals surface area contributed by atoms with Crippen molar-refractivity contribution in [2.75, 3.05) is 51.1 Å². The number of hydrogen-bond acceptors (Lipinski definition) is 6. The molecule has 3 heterocycles. The number of piperazine rings is 1. The molecule has 10 heteroatoms. The summed E-state index contributed by atoms with van der Waals surface area (Å²) in [6, 6.07) is 8.60. The van der Waals surface area contributed by atoms with Gasteiger partial charge < -0.3 is 9.88 Å². The molecule has 0 spiro atoms. The van der Waals surface area contributed by atoms with Gasteiger partial charge in [-0.05, 0) is 49.9 Å². The number of aromatic nitrogens is 1. The first-order chi connectivity index (χ1) is 16.2. The van der Waals surface area contributed by atoms with Gasteiger partial charge in [0.05, 0.1) is 18.1 Å². The van der Waals surface area contributed by atoms with E-state index in [1.54, 1.807) is 0 Å². The third kappa shape index (κ3) is 5.57. The van der Waals surface area contributed by atoms with Gasteiger partial charge in [-0.3, -0.25) is 19.4 Å². The molecule has 9 nitrogen and oxygen atoms in total. The van der Waals surface area contributed by atoms with Crippen molar-refractivity contribution in [2.45, 2.75) is 38.3 Å². The Morgan fingerprint density at radius 3 is 2.32 bits per heavy atom. The summed E-state index contributed by atoms with van der Waals surface area (Å²) in [6.07, 6.45) is 3.19. The van der Waals surface area contributed by atoms with Gasteiger partial charge >= 0.3 is 0 Å². The van der Waals surface area contributed by atoms with Crippen molar-refractivity contribution >= 4 is 21.6 Å². The van der Waals surface area contributed by atoms with E-state index in [1.165, 1.54) is 27.2 Å². The van der Waals surface area contributed by atoms with E-state index in [2.05, 4.69) is 15.1 Å². The number of carbonyl (C=O) groups excluding carboxylic acids is 1. The lowest BCUT2D eigenvalue weighted by Gasteiger charge is -2.34. The minimum atomic E-state index is -3.57. The molecule has 2 aliphatic rings. The van der Waals surface area contributed by atoms with E-state index in [1.807, 2.05) is 32.0 Å². The summed E-state index contributed by atoms with van der Waals surface area (Å²) >= 11 is 0. The molecule has 0 unspecified atom stereocenters. The van der Waals surface area contributed by atoms with Crippen LogP contribution < -0.4 is 10.9 Å². The number of sulfonamides is 1. The zero-order valence-electron chi connectivity index (χ0n) is 19.9. The first kappa shape index (κ1) is 24.6. The zero-order valence-corrected chi connectivity index (χ0v) is 20.7. The minimum absolute atomic E-state index is 0.0433. The van der Waals surface area contributed by atoms with Gasteiger partial charge in [-0.1, -0.05) is 12.1 Å². The SMILES string of the molecule is Cc1cccc(NC(=O)CN2CCN(Cn3cc(S(=O)(=O)N4CCCC4)ccc3=O)CC2)c1C. The maximum absolute atomic E-state index is 12.9. The molecule has 0 radical (unpaired) electrons. The van der Waals surface area contributed by atoms with Crippen LogP contribution in [0.25, 0.3) is 0 Å². The van der Waals surface area contributed by atoms with E-state index in [0.29, 0.717) is 52.5 Å². The molecule has 1 aromatic carbocycles. The van der Waals surface area contributed by atoms with Crippen LogP contribution in [-0.2, 0) is 21.5 Å². The maximum Gasteiger partial charge on any atom is 0.251 e. The molecule has 2 aromatic rings. The lowest BCUT2D eigenvalue weighted by atomic mass is 10.1. The van der Waals surface area contributed by atoms with Crippen molar-refractivity contribution in [3.05, 3.63) is 58.0 Å². The first-order valence-electron chi connectivity index (χ1n) is 11.8. The van der Waals surface area contributed by atoms with Gasteiger partial charge in [-0.15, -0.1) is 0 Å². The average Bonchev–Trinajstić information content (AvgIpc) is 3.36. The molecular weight excluding hydrogens is 454 g/mol. The third-order valence-corrected chi connectivity index (χ3v) is 8.60. The van der Waals surface area contributed by atoms with E-state index in [4.69, 9.17) is 0 Å². The van der Waals surface area contributed by atoms with Crippen LogP contribution in [0.2, 0.25) is 0 Å². The Labute approximate surface area is 201 Å². The topological polar surface area (TPSA) is 95.0 Å². The normalized spacial score (nSPS) is 18.3. The number of anilines is 1. The van der Waals surface area contributed by atoms with E-state index >= 15 is 0 Å². The van der Waals surface area contributed by atoms with E-state index < -0.39 is 10.0 Å². The molecule has 1 N–H and O–H groups in total. The number of amides is 1. The molecule has 184 valence electrons. The Hall–Kier alpha value is -2.53. The number of benzene rings is 1. The van der Waals surface area contributed by atoms with Crippen LogP contribution in [0.4, 0.5) is 5.69 Å². The van der Waals surface area contributed by atoms with Crippen molar-refractivity contribution < 1.29 is 13.2 Å². The molecule has 2 aliphatic heterocycles. The highest BCUT2D eigenvalue weighted by Gasteiger charge is 2.28. The van der Waals surface area contributed by atoms with Crippen molar-refractivity contribution in [1.82, 2.24) is 18.7 Å². The van der Waals surface area contributed by atoms with Crippen molar-refractivity contribution in [2.24, 2.45) is 0 Å². The van der Waals surface area contributed by atoms with Crippen LogP contribution in [0.5, 0.6) is 0 Å². The molecule has 4 rings (SSSR count). The second kappa shape index (κ2) is 10.4. The fourth-order valence-corrected chi connectivity index (χ4v) is 5.97. The molecule has 0 bridgehead atoms. The highest BCUT2D eigenvalue weighted by Crippen LogP contribution is 2.20. The molecule has 1 aromatic heterocycles. The lowest BCUT2D eigenvalue weighted by Crippen LogP contribution is -2.49. The van der Waals surface area contributed by atoms with Gasteiger partial charge in [0.25, 0.3) is 5.56 Å². The van der Waals surface area contributed by atoms with Gasteiger partial charge in [-0.25, -0.2) is 8.42 Å². The maximum atomic E-state index is 12.9. The number of rotatable bonds is 7. The Bertz CT molecular complexity index is 1200. The van der Waals surface area contributed by atoms with E-state index in [9.17, 15) is 18.0 Å². The Kier molecular flexibility index (Phi) is 7.51. The van der Waals surface area contributed by atoms with Gasteiger partial charge in [0.1, 0.15) is 0 Å². The first-order valence-corrected chi connectivity index (χ1v) is 13.2. The highest BCUT2D eigenvalue weighted by atomic mass is 32.2. The Balaban J connectivity index is 1.32. The van der Waals surface area contributed by atoms with Crippen molar-refractivity contribution in [3.8, 4) is 0 Å². The van der Waals surface area contributed by atoms with Gasteiger partial charge in [0.15, 0.2) is 0 Å². The van der Waals surface area contributed by atoms with Gasteiger partial charge in [-0.2, -0.15) is 4.31 Å². The third-order valence-electron chi connectivity index (χ3n) is 6.72. The summed E-state index contributed by atoms with van der Waals surface area (Å²) < 4.78 is 28.7. The monoisotopic (exact) mass is 487 g/mol. The molecular formula is C24H33N5O4S. The Morgan fingerprint density at radius 1 is 0.941 bits per heavy atom. The number of aryl methyl sites for hydroxylation is 1. The summed E-state index contributed by atoms with van der Waals surface area (Å²) in [5.41, 5.74) is 2.82. The summed E-state index contributed by atoms with van der Waals surface area (Å²) in [7, 11) is -3.57. The fourth-order valence-electron chi connectivity index (χ4n) is 4.43. The smallest absolute Gasteiger partial charge is 0.251 e.